The predicted molar refractivity (Wildman–Crippen MR) is 82.9 cm³/mol. The highest BCUT2D eigenvalue weighted by molar-refractivity contribution is 7.88. The molecule has 0 unspecified atom stereocenters. The van der Waals surface area contributed by atoms with Crippen molar-refractivity contribution in [2.75, 3.05) is 12.3 Å². The maximum Gasteiger partial charge on any atom is 0.215 e. The van der Waals surface area contributed by atoms with Gasteiger partial charge in [0, 0.05) is 31.2 Å². The van der Waals surface area contributed by atoms with Crippen LogP contribution >= 0.6 is 0 Å². The van der Waals surface area contributed by atoms with Crippen LogP contribution < -0.4 is 10.5 Å². The number of aromatic nitrogens is 2. The van der Waals surface area contributed by atoms with E-state index in [2.05, 4.69) is 9.71 Å². The zero-order chi connectivity index (χ0) is 15.1. The molecular formula is C14H20N4O2S. The molecule has 2 aromatic rings. The average Bonchev–Trinajstić information content (AvgIpc) is 2.94. The summed E-state index contributed by atoms with van der Waals surface area (Å²) in [5.74, 6) is -0.0190. The fourth-order valence-corrected chi connectivity index (χ4v) is 3.14. The fourth-order valence-electron chi connectivity index (χ4n) is 1.95. The minimum absolute atomic E-state index is 0.0190. The lowest BCUT2D eigenvalue weighted by Gasteiger charge is -2.07. The third kappa shape index (κ3) is 5.57. The number of nitrogens with zero attached hydrogens (tertiary/aromatic N) is 2. The highest BCUT2D eigenvalue weighted by Crippen LogP contribution is 2.08. The summed E-state index contributed by atoms with van der Waals surface area (Å²) in [7, 11) is -3.29. The van der Waals surface area contributed by atoms with Gasteiger partial charge in [-0.25, -0.2) is 18.1 Å². The van der Waals surface area contributed by atoms with Gasteiger partial charge in [0.1, 0.15) is 0 Å². The van der Waals surface area contributed by atoms with E-state index in [1.54, 1.807) is 36.8 Å². The van der Waals surface area contributed by atoms with Crippen LogP contribution in [0.2, 0.25) is 0 Å². The van der Waals surface area contributed by atoms with E-state index in [0.29, 0.717) is 12.2 Å². The number of imidazole rings is 1. The van der Waals surface area contributed by atoms with E-state index in [1.165, 1.54) is 0 Å². The van der Waals surface area contributed by atoms with E-state index >= 15 is 0 Å². The lowest BCUT2D eigenvalue weighted by atomic mass is 10.2. The number of benzene rings is 1. The Kier molecular flexibility index (Phi) is 5.35. The molecule has 2 rings (SSSR count). The molecule has 114 valence electrons. The number of hydrogen-bond donors (Lipinski definition) is 2. The molecule has 0 bridgehead atoms. The van der Waals surface area contributed by atoms with Gasteiger partial charge in [-0.3, -0.25) is 0 Å². The number of hydrogen-bond acceptors (Lipinski definition) is 4. The maximum absolute atomic E-state index is 11.9. The molecule has 0 saturated carbocycles. The summed E-state index contributed by atoms with van der Waals surface area (Å²) in [6, 6.07) is 6.87. The molecule has 0 aliphatic heterocycles. The number of sulfonamides is 1. The van der Waals surface area contributed by atoms with Crippen LogP contribution in [-0.4, -0.2) is 24.5 Å². The monoisotopic (exact) mass is 308 g/mol. The van der Waals surface area contributed by atoms with Crippen LogP contribution in [0.1, 0.15) is 18.4 Å². The third-order valence-corrected chi connectivity index (χ3v) is 4.42. The highest BCUT2D eigenvalue weighted by atomic mass is 32.2. The molecular weight excluding hydrogens is 288 g/mol. The minimum atomic E-state index is -3.29. The summed E-state index contributed by atoms with van der Waals surface area (Å²) in [6.07, 6.45) is 7.08. The van der Waals surface area contributed by atoms with E-state index in [-0.39, 0.29) is 5.75 Å². The summed E-state index contributed by atoms with van der Waals surface area (Å²) in [4.78, 5) is 3.96. The lowest BCUT2D eigenvalue weighted by Crippen LogP contribution is -2.26. The molecule has 1 heterocycles. The first-order valence-corrected chi connectivity index (χ1v) is 8.48. The van der Waals surface area contributed by atoms with Gasteiger partial charge in [-0.1, -0.05) is 12.1 Å². The molecule has 6 nitrogen and oxygen atoms in total. The highest BCUT2D eigenvalue weighted by Gasteiger charge is 2.10. The zero-order valence-electron chi connectivity index (χ0n) is 11.8. The molecule has 21 heavy (non-hydrogen) atoms. The molecule has 7 heteroatoms. The molecule has 0 amide bonds. The average molecular weight is 308 g/mol. The topological polar surface area (TPSA) is 90.0 Å². The molecule has 0 aliphatic carbocycles. The number of aryl methyl sites for hydroxylation is 1. The molecule has 1 aromatic heterocycles. The first-order chi connectivity index (χ1) is 10.1. The normalized spacial score (nSPS) is 11.6. The Hall–Kier alpha value is -1.86. The Morgan fingerprint density at radius 3 is 2.62 bits per heavy atom. The van der Waals surface area contributed by atoms with Crippen LogP contribution in [0.25, 0.3) is 0 Å². The van der Waals surface area contributed by atoms with E-state index < -0.39 is 10.0 Å². The van der Waals surface area contributed by atoms with Gasteiger partial charge in [0.25, 0.3) is 0 Å². The molecule has 1 aromatic carbocycles. The molecule has 3 N–H and O–H groups in total. The van der Waals surface area contributed by atoms with E-state index in [4.69, 9.17) is 5.73 Å². The Morgan fingerprint density at radius 2 is 1.95 bits per heavy atom. The molecule has 0 aliphatic rings. The van der Waals surface area contributed by atoms with Gasteiger partial charge >= 0.3 is 0 Å². The smallest absolute Gasteiger partial charge is 0.215 e. The van der Waals surface area contributed by atoms with Gasteiger partial charge < -0.3 is 10.3 Å². The van der Waals surface area contributed by atoms with Crippen LogP contribution in [0.15, 0.2) is 43.0 Å². The number of anilines is 1. The van der Waals surface area contributed by atoms with Crippen molar-refractivity contribution in [3.8, 4) is 0 Å². The third-order valence-electron chi connectivity index (χ3n) is 3.06. The van der Waals surface area contributed by atoms with E-state index in [9.17, 15) is 8.42 Å². The van der Waals surface area contributed by atoms with Crippen molar-refractivity contribution < 1.29 is 8.42 Å². The fraction of sp³-hybridized carbons (Fsp3) is 0.357. The summed E-state index contributed by atoms with van der Waals surface area (Å²) in [5.41, 5.74) is 6.93. The van der Waals surface area contributed by atoms with Crippen LogP contribution in [-0.2, 0) is 22.3 Å². The summed E-state index contributed by atoms with van der Waals surface area (Å²) in [6.45, 7) is 1.30. The number of rotatable bonds is 8. The molecule has 0 saturated heterocycles. The van der Waals surface area contributed by atoms with Crippen LogP contribution in [0, 0.1) is 0 Å². The van der Waals surface area contributed by atoms with Gasteiger partial charge in [-0.2, -0.15) is 0 Å². The molecule has 0 radical (unpaired) electrons. The predicted octanol–water partition coefficient (Wildman–Crippen LogP) is 1.37. The lowest BCUT2D eigenvalue weighted by molar-refractivity contribution is 0.565. The second-order valence-corrected chi connectivity index (χ2v) is 6.71. The van der Waals surface area contributed by atoms with Gasteiger partial charge in [0.15, 0.2) is 0 Å². The summed E-state index contributed by atoms with van der Waals surface area (Å²) >= 11 is 0. The van der Waals surface area contributed by atoms with Crippen molar-refractivity contribution in [1.82, 2.24) is 14.3 Å². The Morgan fingerprint density at radius 1 is 1.19 bits per heavy atom. The number of nitrogens with two attached hydrogens (primary N) is 1. The Bertz CT molecular complexity index is 636. The first kappa shape index (κ1) is 15.5. The Labute approximate surface area is 125 Å². The molecule has 0 atom stereocenters. The summed E-state index contributed by atoms with van der Waals surface area (Å²) in [5, 5.41) is 0. The van der Waals surface area contributed by atoms with E-state index in [0.717, 1.165) is 24.9 Å². The van der Waals surface area contributed by atoms with Crippen molar-refractivity contribution >= 4 is 15.7 Å². The number of nitrogen functional groups attached to an aromatic ring is 1. The van der Waals surface area contributed by atoms with Crippen molar-refractivity contribution in [3.63, 3.8) is 0 Å². The van der Waals surface area contributed by atoms with Crippen LogP contribution in [0.4, 0.5) is 5.69 Å². The number of unbranched alkanes of at least 4 members (excludes halogenated alkanes) is 1. The minimum Gasteiger partial charge on any atom is -0.399 e. The van der Waals surface area contributed by atoms with Gasteiger partial charge in [0.2, 0.25) is 10.0 Å². The first-order valence-electron chi connectivity index (χ1n) is 6.83. The quantitative estimate of drug-likeness (QED) is 0.569. The largest absolute Gasteiger partial charge is 0.399 e. The van der Waals surface area contributed by atoms with Crippen molar-refractivity contribution in [3.05, 3.63) is 48.5 Å². The van der Waals surface area contributed by atoms with E-state index in [1.807, 2.05) is 10.8 Å². The molecule has 0 spiro atoms. The Balaban J connectivity index is 1.70. The maximum atomic E-state index is 11.9. The zero-order valence-corrected chi connectivity index (χ0v) is 12.6. The van der Waals surface area contributed by atoms with Crippen LogP contribution in [0.3, 0.4) is 0 Å². The van der Waals surface area contributed by atoms with Gasteiger partial charge in [0.05, 0.1) is 12.1 Å². The van der Waals surface area contributed by atoms with Crippen LogP contribution in [0.5, 0.6) is 0 Å². The SMILES string of the molecule is Nc1ccc(CS(=O)(=O)NCCCCn2ccnc2)cc1. The second kappa shape index (κ2) is 7.24. The van der Waals surface area contributed by atoms with Gasteiger partial charge in [-0.05, 0) is 30.5 Å². The van der Waals surface area contributed by atoms with Gasteiger partial charge in [-0.15, -0.1) is 0 Å². The number of nitrogens with one attached hydrogen (secondary N) is 1. The second-order valence-electron chi connectivity index (χ2n) is 4.90. The van der Waals surface area contributed by atoms with Crippen molar-refractivity contribution in [2.45, 2.75) is 25.1 Å². The standard InChI is InChI=1S/C14H20N4O2S/c15-14-5-3-13(4-6-14)11-21(19,20)17-7-1-2-9-18-10-8-16-12-18/h3-6,8,10,12,17H,1-2,7,9,11,15H2. The van der Waals surface area contributed by atoms with Crippen molar-refractivity contribution in [2.24, 2.45) is 0 Å². The van der Waals surface area contributed by atoms with Crippen molar-refractivity contribution in [1.29, 1.82) is 0 Å². The summed E-state index contributed by atoms with van der Waals surface area (Å²) < 4.78 is 28.4. The molecule has 0 fully saturated rings.